The van der Waals surface area contributed by atoms with Crippen molar-refractivity contribution in [3.8, 4) is 0 Å². The summed E-state index contributed by atoms with van der Waals surface area (Å²) < 4.78 is 61.8. The van der Waals surface area contributed by atoms with Crippen molar-refractivity contribution in [2.24, 2.45) is 0 Å². The molecule has 112 valence electrons. The van der Waals surface area contributed by atoms with Crippen molar-refractivity contribution < 1.29 is 31.5 Å². The van der Waals surface area contributed by atoms with Crippen LogP contribution in [0.3, 0.4) is 0 Å². The summed E-state index contributed by atoms with van der Waals surface area (Å²) in [5, 5.41) is 8.38. The zero-order valence-electron chi connectivity index (χ0n) is 10.0. The molecule has 20 heavy (non-hydrogen) atoms. The van der Waals surface area contributed by atoms with Crippen LogP contribution >= 0.6 is 0 Å². The van der Waals surface area contributed by atoms with Crippen molar-refractivity contribution in [3.63, 3.8) is 0 Å². The Balaban J connectivity index is 2.66. The van der Waals surface area contributed by atoms with Crippen molar-refractivity contribution >= 4 is 21.7 Å². The molecule has 0 atom stereocenters. The van der Waals surface area contributed by atoms with E-state index in [0.29, 0.717) is 6.07 Å². The Labute approximate surface area is 112 Å². The number of sulfonamides is 1. The first-order valence-electron chi connectivity index (χ1n) is 5.36. The zero-order chi connectivity index (χ0) is 15.4. The van der Waals surface area contributed by atoms with Gasteiger partial charge in [0.1, 0.15) is 5.69 Å². The van der Waals surface area contributed by atoms with Crippen molar-refractivity contribution in [1.29, 1.82) is 0 Å². The molecule has 0 saturated heterocycles. The molecule has 0 amide bonds. The number of nitrogens with one attached hydrogen (secondary N) is 1. The van der Waals surface area contributed by atoms with Gasteiger partial charge >= 0.3 is 12.1 Å². The second kappa shape index (κ2) is 6.07. The molecule has 1 heterocycles. The van der Waals surface area contributed by atoms with Crippen LogP contribution in [0.25, 0.3) is 0 Å². The molecular formula is C10H11F3N2O4S. The van der Waals surface area contributed by atoms with Crippen LogP contribution < -0.4 is 4.72 Å². The summed E-state index contributed by atoms with van der Waals surface area (Å²) in [6.45, 7) is 0. The Kier molecular flexibility index (Phi) is 4.93. The number of hydrogen-bond acceptors (Lipinski definition) is 4. The molecule has 1 rings (SSSR count). The highest BCUT2D eigenvalue weighted by molar-refractivity contribution is 7.92. The molecule has 0 aliphatic rings. The van der Waals surface area contributed by atoms with E-state index in [1.54, 1.807) is 0 Å². The van der Waals surface area contributed by atoms with Gasteiger partial charge in [-0.3, -0.25) is 9.52 Å². The predicted octanol–water partition coefficient (Wildman–Crippen LogP) is 1.71. The minimum absolute atomic E-state index is 0.0985. The van der Waals surface area contributed by atoms with Crippen LogP contribution in [0, 0.1) is 0 Å². The summed E-state index contributed by atoms with van der Waals surface area (Å²) in [4.78, 5) is 13.3. The van der Waals surface area contributed by atoms with E-state index < -0.39 is 33.6 Å². The van der Waals surface area contributed by atoms with Crippen LogP contribution in [0.5, 0.6) is 0 Å². The number of carboxylic acids is 1. The van der Waals surface area contributed by atoms with Gasteiger partial charge in [0.15, 0.2) is 0 Å². The average Bonchev–Trinajstić information content (AvgIpc) is 2.26. The molecule has 0 aliphatic heterocycles. The smallest absolute Gasteiger partial charge is 0.433 e. The summed E-state index contributed by atoms with van der Waals surface area (Å²) in [6.07, 6.45) is -4.26. The van der Waals surface area contributed by atoms with Gasteiger partial charge in [-0.1, -0.05) is 0 Å². The van der Waals surface area contributed by atoms with E-state index in [4.69, 9.17) is 5.11 Å². The highest BCUT2D eigenvalue weighted by Gasteiger charge is 2.32. The number of aromatic nitrogens is 1. The first-order valence-corrected chi connectivity index (χ1v) is 7.01. The van der Waals surface area contributed by atoms with Crippen LogP contribution in [-0.4, -0.2) is 30.2 Å². The molecule has 0 bridgehead atoms. The lowest BCUT2D eigenvalue weighted by atomic mass is 10.3. The third-order valence-electron chi connectivity index (χ3n) is 2.13. The van der Waals surface area contributed by atoms with Crippen LogP contribution in [0.2, 0.25) is 0 Å². The molecule has 10 heteroatoms. The summed E-state index contributed by atoms with van der Waals surface area (Å²) in [5.41, 5.74) is -1.25. The first-order chi connectivity index (χ1) is 9.10. The Morgan fingerprint density at radius 3 is 2.45 bits per heavy atom. The number of anilines is 1. The van der Waals surface area contributed by atoms with Crippen LogP contribution in [-0.2, 0) is 21.0 Å². The highest BCUT2D eigenvalue weighted by atomic mass is 32.2. The maximum atomic E-state index is 12.2. The first kappa shape index (κ1) is 16.2. The normalized spacial score (nSPS) is 12.2. The van der Waals surface area contributed by atoms with Crippen molar-refractivity contribution in [2.45, 2.75) is 19.0 Å². The number of rotatable bonds is 6. The maximum Gasteiger partial charge on any atom is 0.433 e. The summed E-state index contributed by atoms with van der Waals surface area (Å²) >= 11 is 0. The lowest BCUT2D eigenvalue weighted by molar-refractivity contribution is -0.141. The fourth-order valence-electron chi connectivity index (χ4n) is 1.27. The van der Waals surface area contributed by atoms with E-state index in [0.717, 1.165) is 12.3 Å². The topological polar surface area (TPSA) is 96.4 Å². The van der Waals surface area contributed by atoms with Crippen molar-refractivity contribution in [3.05, 3.63) is 24.0 Å². The SMILES string of the molecule is O=C(O)CCCS(=O)(=O)Nc1ccc(C(F)(F)F)nc1. The maximum absolute atomic E-state index is 12.2. The third-order valence-corrected chi connectivity index (χ3v) is 3.50. The van der Waals surface area contributed by atoms with E-state index >= 15 is 0 Å². The fourth-order valence-corrected chi connectivity index (χ4v) is 2.37. The quantitative estimate of drug-likeness (QED) is 0.833. The van der Waals surface area contributed by atoms with Crippen LogP contribution in [0.1, 0.15) is 18.5 Å². The number of carboxylic acid groups (broad SMARTS) is 1. The lowest BCUT2D eigenvalue weighted by Gasteiger charge is -2.09. The molecule has 0 saturated carbocycles. The highest BCUT2D eigenvalue weighted by Crippen LogP contribution is 2.27. The Hall–Kier alpha value is -1.84. The number of alkyl halides is 3. The Bertz CT molecular complexity index is 569. The lowest BCUT2D eigenvalue weighted by Crippen LogP contribution is -2.18. The molecule has 1 aromatic rings. The monoisotopic (exact) mass is 312 g/mol. The molecule has 6 nitrogen and oxygen atoms in total. The molecule has 0 unspecified atom stereocenters. The molecular weight excluding hydrogens is 301 g/mol. The van der Waals surface area contributed by atoms with E-state index in [-0.39, 0.29) is 18.5 Å². The predicted molar refractivity (Wildman–Crippen MR) is 63.5 cm³/mol. The van der Waals surface area contributed by atoms with Gasteiger partial charge in [0.2, 0.25) is 10.0 Å². The van der Waals surface area contributed by atoms with E-state index in [1.807, 2.05) is 4.72 Å². The van der Waals surface area contributed by atoms with Gasteiger partial charge in [0.25, 0.3) is 0 Å². The van der Waals surface area contributed by atoms with Gasteiger partial charge in [-0.15, -0.1) is 0 Å². The second-order valence-corrected chi connectivity index (χ2v) is 5.69. The average molecular weight is 312 g/mol. The summed E-state index contributed by atoms with van der Waals surface area (Å²) in [7, 11) is -3.81. The molecule has 0 aromatic carbocycles. The van der Waals surface area contributed by atoms with Crippen molar-refractivity contribution in [2.75, 3.05) is 10.5 Å². The largest absolute Gasteiger partial charge is 0.481 e. The van der Waals surface area contributed by atoms with Gasteiger partial charge in [-0.2, -0.15) is 13.2 Å². The molecule has 0 fully saturated rings. The number of halogens is 3. The van der Waals surface area contributed by atoms with E-state index in [2.05, 4.69) is 4.98 Å². The second-order valence-electron chi connectivity index (χ2n) is 3.85. The molecule has 0 aliphatic carbocycles. The van der Waals surface area contributed by atoms with E-state index in [1.165, 1.54) is 0 Å². The number of nitrogens with zero attached hydrogens (tertiary/aromatic N) is 1. The van der Waals surface area contributed by atoms with Crippen LogP contribution in [0.4, 0.5) is 18.9 Å². The molecule has 2 N–H and O–H groups in total. The molecule has 1 aromatic heterocycles. The minimum Gasteiger partial charge on any atom is -0.481 e. The number of carbonyl (C=O) groups is 1. The molecule has 0 spiro atoms. The van der Waals surface area contributed by atoms with Gasteiger partial charge in [-0.25, -0.2) is 13.4 Å². The summed E-state index contributed by atoms with van der Waals surface area (Å²) in [6, 6.07) is 1.58. The van der Waals surface area contributed by atoms with Gasteiger partial charge in [-0.05, 0) is 18.6 Å². The molecule has 0 radical (unpaired) electrons. The fraction of sp³-hybridized carbons (Fsp3) is 0.400. The third kappa shape index (κ3) is 5.43. The standard InChI is InChI=1S/C10H11F3N2O4S/c11-10(12,13)8-4-3-7(6-14-8)15-20(18,19)5-1-2-9(16)17/h3-4,6,15H,1-2,5H2,(H,16,17). The van der Waals surface area contributed by atoms with Gasteiger partial charge in [0, 0.05) is 6.42 Å². The van der Waals surface area contributed by atoms with Crippen LogP contribution in [0.15, 0.2) is 18.3 Å². The van der Waals surface area contributed by atoms with E-state index in [9.17, 15) is 26.4 Å². The van der Waals surface area contributed by atoms with Gasteiger partial charge < -0.3 is 5.11 Å². The zero-order valence-corrected chi connectivity index (χ0v) is 10.8. The number of aliphatic carboxylic acids is 1. The summed E-state index contributed by atoms with van der Waals surface area (Å²) in [5.74, 6) is -1.57. The van der Waals surface area contributed by atoms with Crippen molar-refractivity contribution in [1.82, 2.24) is 4.98 Å². The number of hydrogen-bond donors (Lipinski definition) is 2. The number of pyridine rings is 1. The Morgan fingerprint density at radius 1 is 1.35 bits per heavy atom. The Morgan fingerprint density at radius 2 is 2.00 bits per heavy atom. The van der Waals surface area contributed by atoms with Gasteiger partial charge in [0.05, 0.1) is 17.6 Å². The minimum atomic E-state index is -4.60.